The maximum atomic E-state index is 15.9. The van der Waals surface area contributed by atoms with Crippen LogP contribution in [-0.4, -0.2) is 46.5 Å². The lowest BCUT2D eigenvalue weighted by Crippen LogP contribution is -2.17. The fourth-order valence-corrected chi connectivity index (χ4v) is 4.19. The number of aliphatic hydroxyl groups is 1. The molecule has 0 aliphatic heterocycles. The topological polar surface area (TPSA) is 128 Å². The molecule has 6 rings (SSSR count). The molecule has 0 saturated heterocycles. The quantitative estimate of drug-likeness (QED) is 0.250. The van der Waals surface area contributed by atoms with Gasteiger partial charge < -0.3 is 15.4 Å². The van der Waals surface area contributed by atoms with E-state index < -0.39 is 12.0 Å². The van der Waals surface area contributed by atoms with E-state index in [2.05, 4.69) is 35.5 Å². The largest absolute Gasteiger partial charge is 0.374 e. The van der Waals surface area contributed by atoms with E-state index in [1.165, 1.54) is 12.4 Å². The Balaban J connectivity index is 1.47. The third-order valence-corrected chi connectivity index (χ3v) is 5.99. The average Bonchev–Trinajstić information content (AvgIpc) is 3.54. The molecule has 0 spiro atoms. The smallest absolute Gasteiger partial charge is 0.161 e. The third-order valence-electron chi connectivity index (χ3n) is 5.99. The van der Waals surface area contributed by atoms with E-state index in [0.29, 0.717) is 34.7 Å². The SMILES string of the molecule is CCC(O)Nc1cncc(-c2ncc3[nH]nc(-c4nc5c(-c6cccnc6)cccc5[nH]4)c3c2F)c1. The summed E-state index contributed by atoms with van der Waals surface area (Å²) in [5.41, 5.74) is 5.34. The summed E-state index contributed by atoms with van der Waals surface area (Å²) < 4.78 is 15.9. The van der Waals surface area contributed by atoms with E-state index in [4.69, 9.17) is 4.98 Å². The second-order valence-corrected chi connectivity index (χ2v) is 8.34. The van der Waals surface area contributed by atoms with Crippen molar-refractivity contribution >= 4 is 27.6 Å². The Labute approximate surface area is 204 Å². The molecule has 0 radical (unpaired) electrons. The van der Waals surface area contributed by atoms with Gasteiger partial charge in [0, 0.05) is 35.3 Å². The van der Waals surface area contributed by atoms with Crippen molar-refractivity contribution < 1.29 is 9.50 Å². The van der Waals surface area contributed by atoms with Gasteiger partial charge in [-0.15, -0.1) is 0 Å². The number of benzene rings is 1. The van der Waals surface area contributed by atoms with Crippen LogP contribution in [0, 0.1) is 5.82 Å². The summed E-state index contributed by atoms with van der Waals surface area (Å²) in [5.74, 6) is -0.109. The van der Waals surface area contributed by atoms with Crippen LogP contribution >= 0.6 is 0 Å². The minimum Gasteiger partial charge on any atom is -0.374 e. The first-order valence-electron chi connectivity index (χ1n) is 11.4. The van der Waals surface area contributed by atoms with Gasteiger partial charge in [-0.3, -0.25) is 20.1 Å². The molecule has 1 atom stereocenters. The molecule has 0 aliphatic rings. The first-order chi connectivity index (χ1) is 17.6. The van der Waals surface area contributed by atoms with Crippen molar-refractivity contribution in [2.75, 3.05) is 5.32 Å². The molecule has 5 heterocycles. The summed E-state index contributed by atoms with van der Waals surface area (Å²) in [5, 5.41) is 20.3. The monoisotopic (exact) mass is 480 g/mol. The lowest BCUT2D eigenvalue weighted by atomic mass is 10.1. The van der Waals surface area contributed by atoms with Crippen molar-refractivity contribution in [3.8, 4) is 33.9 Å². The molecular weight excluding hydrogens is 459 g/mol. The number of hydrogen-bond acceptors (Lipinski definition) is 7. The molecular formula is C26H21FN8O. The van der Waals surface area contributed by atoms with Crippen molar-refractivity contribution in [3.63, 3.8) is 0 Å². The van der Waals surface area contributed by atoms with Crippen molar-refractivity contribution in [2.45, 2.75) is 19.6 Å². The van der Waals surface area contributed by atoms with Gasteiger partial charge in [-0.2, -0.15) is 5.10 Å². The van der Waals surface area contributed by atoms with Crippen LogP contribution in [0.1, 0.15) is 13.3 Å². The number of H-pyrrole nitrogens is 2. The van der Waals surface area contributed by atoms with E-state index in [1.807, 2.05) is 37.3 Å². The number of imidazole rings is 1. The summed E-state index contributed by atoms with van der Waals surface area (Å²) in [4.78, 5) is 20.7. The van der Waals surface area contributed by atoms with Crippen LogP contribution in [0.2, 0.25) is 0 Å². The van der Waals surface area contributed by atoms with Gasteiger partial charge in [0.05, 0.1) is 40.0 Å². The molecule has 0 fully saturated rings. The van der Waals surface area contributed by atoms with Crippen LogP contribution in [0.5, 0.6) is 0 Å². The number of anilines is 1. The van der Waals surface area contributed by atoms with Gasteiger partial charge in [0.15, 0.2) is 11.6 Å². The summed E-state index contributed by atoms with van der Waals surface area (Å²) in [6, 6.07) is 11.4. The summed E-state index contributed by atoms with van der Waals surface area (Å²) in [6.45, 7) is 1.85. The second-order valence-electron chi connectivity index (χ2n) is 8.34. The predicted octanol–water partition coefficient (Wildman–Crippen LogP) is 4.90. The number of aromatic amines is 2. The van der Waals surface area contributed by atoms with E-state index in [-0.39, 0.29) is 11.1 Å². The number of aromatic nitrogens is 7. The number of pyridine rings is 3. The molecule has 1 aromatic carbocycles. The van der Waals surface area contributed by atoms with E-state index in [9.17, 15) is 5.11 Å². The Morgan fingerprint density at radius 3 is 2.72 bits per heavy atom. The second kappa shape index (κ2) is 8.82. The highest BCUT2D eigenvalue weighted by Crippen LogP contribution is 2.34. The highest BCUT2D eigenvalue weighted by Gasteiger charge is 2.21. The van der Waals surface area contributed by atoms with Crippen LogP contribution in [0.3, 0.4) is 0 Å². The van der Waals surface area contributed by atoms with Gasteiger partial charge in [0.25, 0.3) is 0 Å². The molecule has 9 nitrogen and oxygen atoms in total. The summed E-state index contributed by atoms with van der Waals surface area (Å²) >= 11 is 0. The zero-order valence-electron chi connectivity index (χ0n) is 19.2. The maximum absolute atomic E-state index is 15.9. The Kier molecular flexibility index (Phi) is 5.34. The van der Waals surface area contributed by atoms with Crippen LogP contribution in [0.15, 0.2) is 67.4 Å². The fourth-order valence-electron chi connectivity index (χ4n) is 4.19. The number of halogens is 1. The zero-order valence-corrected chi connectivity index (χ0v) is 19.2. The normalized spacial score (nSPS) is 12.3. The molecule has 0 aliphatic carbocycles. The molecule has 36 heavy (non-hydrogen) atoms. The highest BCUT2D eigenvalue weighted by atomic mass is 19.1. The maximum Gasteiger partial charge on any atom is 0.161 e. The molecule has 1 unspecified atom stereocenters. The number of hydrogen-bond donors (Lipinski definition) is 4. The molecule has 6 aromatic rings. The number of nitrogens with zero attached hydrogens (tertiary/aromatic N) is 5. The van der Waals surface area contributed by atoms with Gasteiger partial charge in [0.2, 0.25) is 0 Å². The van der Waals surface area contributed by atoms with E-state index >= 15 is 4.39 Å². The lowest BCUT2D eigenvalue weighted by Gasteiger charge is -2.12. The molecule has 0 saturated carbocycles. The Morgan fingerprint density at radius 2 is 1.89 bits per heavy atom. The predicted molar refractivity (Wildman–Crippen MR) is 135 cm³/mol. The molecule has 0 bridgehead atoms. The Bertz CT molecular complexity index is 1700. The average molecular weight is 481 g/mol. The Hall–Kier alpha value is -4.70. The van der Waals surface area contributed by atoms with Gasteiger partial charge in [-0.1, -0.05) is 25.1 Å². The van der Waals surface area contributed by atoms with Crippen LogP contribution in [-0.2, 0) is 0 Å². The van der Waals surface area contributed by atoms with Crippen molar-refractivity contribution in [3.05, 3.63) is 73.2 Å². The molecule has 10 heteroatoms. The zero-order chi connectivity index (χ0) is 24.6. The number of rotatable bonds is 6. The van der Waals surface area contributed by atoms with Crippen LogP contribution in [0.4, 0.5) is 10.1 Å². The van der Waals surface area contributed by atoms with E-state index in [0.717, 1.165) is 22.2 Å². The fraction of sp³-hybridized carbons (Fsp3) is 0.115. The van der Waals surface area contributed by atoms with Gasteiger partial charge in [-0.05, 0) is 24.6 Å². The molecule has 5 aromatic heterocycles. The summed E-state index contributed by atoms with van der Waals surface area (Å²) in [6.07, 6.45) is 7.92. The van der Waals surface area contributed by atoms with Crippen molar-refractivity contribution in [1.29, 1.82) is 0 Å². The standard InChI is InChI=1S/C26H21FN8O/c1-2-20(36)31-16-9-15(11-29-12-16)23-22(27)21-19(13-30-23)34-35-25(21)26-32-18-7-3-6-17(24(18)33-26)14-5-4-8-28-10-14/h3-13,20,31,36H,2H2,1H3,(H,32,33)(H,34,35). The first kappa shape index (κ1) is 21.8. The number of para-hydroxylation sites is 1. The minimum atomic E-state index is -0.729. The third kappa shape index (κ3) is 3.73. The lowest BCUT2D eigenvalue weighted by molar-refractivity contribution is 0.199. The van der Waals surface area contributed by atoms with E-state index in [1.54, 1.807) is 24.7 Å². The number of aliphatic hydroxyl groups excluding tert-OH is 1. The molecule has 178 valence electrons. The molecule has 0 amide bonds. The van der Waals surface area contributed by atoms with Crippen molar-refractivity contribution in [1.82, 2.24) is 35.1 Å². The molecule has 4 N–H and O–H groups in total. The van der Waals surface area contributed by atoms with Crippen molar-refractivity contribution in [2.24, 2.45) is 0 Å². The highest BCUT2D eigenvalue weighted by molar-refractivity contribution is 5.98. The Morgan fingerprint density at radius 1 is 1.00 bits per heavy atom. The number of fused-ring (bicyclic) bond motifs is 2. The summed E-state index contributed by atoms with van der Waals surface area (Å²) in [7, 11) is 0. The van der Waals surface area contributed by atoms with Crippen LogP contribution in [0.25, 0.3) is 55.8 Å². The minimum absolute atomic E-state index is 0.124. The van der Waals surface area contributed by atoms with Crippen LogP contribution < -0.4 is 5.32 Å². The van der Waals surface area contributed by atoms with Gasteiger partial charge in [0.1, 0.15) is 17.6 Å². The van der Waals surface area contributed by atoms with Gasteiger partial charge >= 0.3 is 0 Å². The van der Waals surface area contributed by atoms with Gasteiger partial charge in [-0.25, -0.2) is 9.37 Å². The number of nitrogens with one attached hydrogen (secondary N) is 3. The first-order valence-corrected chi connectivity index (χ1v) is 11.4.